The van der Waals surface area contributed by atoms with Crippen molar-refractivity contribution >= 4 is 91.0 Å². The molecular weight excluding hydrogens is 551 g/mol. The molecule has 2 heterocycles. The molecule has 5 aromatic rings. The molecule has 5 aromatic carbocycles. The van der Waals surface area contributed by atoms with Crippen LogP contribution < -0.4 is 31.8 Å². The van der Waals surface area contributed by atoms with Crippen molar-refractivity contribution in [2.75, 3.05) is 0 Å². The van der Waals surface area contributed by atoms with E-state index in [1.54, 1.807) is 0 Å². The first kappa shape index (κ1) is 23.2. The summed E-state index contributed by atoms with van der Waals surface area (Å²) in [6.07, 6.45) is 0. The van der Waals surface area contributed by atoms with Crippen LogP contribution in [0.3, 0.4) is 0 Å². The fraction of sp³-hybridized carbons (Fsp3) is 0. The van der Waals surface area contributed by atoms with E-state index in [4.69, 9.17) is 23.6 Å². The van der Waals surface area contributed by atoms with Gasteiger partial charge in [0.25, 0.3) is 0 Å². The van der Waals surface area contributed by atoms with Crippen molar-refractivity contribution in [1.29, 1.82) is 0 Å². The molecule has 0 nitrogen and oxygen atoms in total. The van der Waals surface area contributed by atoms with E-state index in [0.717, 1.165) is 0 Å². The lowest BCUT2D eigenvalue weighted by Crippen LogP contribution is -2.36. The molecule has 0 bridgehead atoms. The van der Waals surface area contributed by atoms with Gasteiger partial charge in [-0.2, -0.15) is 0 Å². The zero-order valence-electron chi connectivity index (χ0n) is 19.1. The Morgan fingerprint density at radius 1 is 0.389 bits per heavy atom. The molecule has 0 amide bonds. The minimum Gasteiger partial charge on any atom is -0.0886 e. The van der Waals surface area contributed by atoms with Crippen molar-refractivity contribution in [1.82, 2.24) is 0 Å². The van der Waals surface area contributed by atoms with Gasteiger partial charge < -0.3 is 0 Å². The highest BCUT2D eigenvalue weighted by Crippen LogP contribution is 2.57. The van der Waals surface area contributed by atoms with Crippen molar-refractivity contribution in [3.63, 3.8) is 0 Å². The lowest BCUT2D eigenvalue weighted by Gasteiger charge is -2.37. The molecule has 2 atom stereocenters. The third kappa shape index (κ3) is 3.36. The van der Waals surface area contributed by atoms with Crippen molar-refractivity contribution in [2.24, 2.45) is 0 Å². The quantitative estimate of drug-likeness (QED) is 0.230. The standard InChI is InChI=1S/C30H20P2S4/c33-31(21-11-3-1-4-12-21)23-15-7-9-17-27(23)35-29-20-30-26(19-25(29)31)32(34,22-13-5-2-6-14-22)24-16-8-10-18-28(24)36-30/h1-20H. The van der Waals surface area contributed by atoms with Crippen LogP contribution in [-0.4, -0.2) is 0 Å². The molecule has 0 radical (unpaired) electrons. The maximum Gasteiger partial charge on any atom is 0.0401 e. The zero-order chi connectivity index (χ0) is 24.3. The first-order chi connectivity index (χ1) is 17.6. The van der Waals surface area contributed by atoms with Gasteiger partial charge >= 0.3 is 0 Å². The van der Waals surface area contributed by atoms with Crippen LogP contribution in [0.2, 0.25) is 0 Å². The van der Waals surface area contributed by atoms with Crippen LogP contribution in [0.15, 0.2) is 141 Å². The summed E-state index contributed by atoms with van der Waals surface area (Å²) in [6, 6.07) is 39.3. The topological polar surface area (TPSA) is 0 Å². The van der Waals surface area contributed by atoms with E-state index < -0.39 is 12.1 Å². The fourth-order valence-corrected chi connectivity index (χ4v) is 18.1. The summed E-state index contributed by atoms with van der Waals surface area (Å²) in [4.78, 5) is 5.11. The van der Waals surface area contributed by atoms with E-state index in [2.05, 4.69) is 121 Å². The Labute approximate surface area is 230 Å². The predicted molar refractivity (Wildman–Crippen MR) is 167 cm³/mol. The average molecular weight is 571 g/mol. The molecule has 0 N–H and O–H groups in total. The van der Waals surface area contributed by atoms with Crippen LogP contribution in [0.5, 0.6) is 0 Å². The monoisotopic (exact) mass is 570 g/mol. The second-order valence-corrected chi connectivity index (χ2v) is 19.7. The van der Waals surface area contributed by atoms with Crippen molar-refractivity contribution in [3.05, 3.63) is 121 Å². The molecule has 7 rings (SSSR count). The summed E-state index contributed by atoms with van der Waals surface area (Å²) in [5.74, 6) is 0. The molecule has 2 aliphatic rings. The summed E-state index contributed by atoms with van der Waals surface area (Å²) in [6.45, 7) is 0. The van der Waals surface area contributed by atoms with E-state index in [0.29, 0.717) is 0 Å². The lowest BCUT2D eigenvalue weighted by atomic mass is 10.3. The van der Waals surface area contributed by atoms with Crippen LogP contribution in [0.4, 0.5) is 0 Å². The predicted octanol–water partition coefficient (Wildman–Crippen LogP) is 6.13. The molecule has 0 fully saturated rings. The maximum absolute atomic E-state index is 6.77. The Kier molecular flexibility index (Phi) is 5.71. The smallest absolute Gasteiger partial charge is 0.0401 e. The van der Waals surface area contributed by atoms with E-state index in [-0.39, 0.29) is 0 Å². The summed E-state index contributed by atoms with van der Waals surface area (Å²) >= 11 is 17.3. The van der Waals surface area contributed by atoms with Gasteiger partial charge in [-0.05, 0) is 34.9 Å². The van der Waals surface area contributed by atoms with Gasteiger partial charge in [0, 0.05) is 52.9 Å². The second kappa shape index (κ2) is 8.84. The van der Waals surface area contributed by atoms with Crippen LogP contribution >= 0.6 is 35.6 Å². The lowest BCUT2D eigenvalue weighted by molar-refractivity contribution is 1.36. The van der Waals surface area contributed by atoms with E-state index in [1.807, 2.05) is 23.5 Å². The van der Waals surface area contributed by atoms with Crippen LogP contribution in [0, 0.1) is 0 Å². The van der Waals surface area contributed by atoms with Gasteiger partial charge in [0.05, 0.1) is 0 Å². The summed E-state index contributed by atoms with van der Waals surface area (Å²) in [5.41, 5.74) is 0. The van der Waals surface area contributed by atoms with E-state index in [9.17, 15) is 0 Å². The minimum absolute atomic E-state index is 1.24. The first-order valence-corrected chi connectivity index (χ1v) is 18.9. The number of rotatable bonds is 2. The normalized spacial score (nSPS) is 21.6. The van der Waals surface area contributed by atoms with Crippen LogP contribution in [-0.2, 0) is 23.6 Å². The van der Waals surface area contributed by atoms with Crippen molar-refractivity contribution in [3.8, 4) is 0 Å². The Balaban J connectivity index is 1.56. The molecule has 0 spiro atoms. The largest absolute Gasteiger partial charge is 0.0886 e. The number of hydrogen-bond acceptors (Lipinski definition) is 4. The second-order valence-electron chi connectivity index (χ2n) is 8.82. The van der Waals surface area contributed by atoms with Gasteiger partial charge in [-0.3, -0.25) is 0 Å². The third-order valence-corrected chi connectivity index (χ3v) is 19.6. The SMILES string of the molecule is S=P1(c2ccccc2)c2ccccc2Sc2cc3c(cc21)P(=S)(c1ccccc1)c1ccccc1S3. The summed E-state index contributed by atoms with van der Waals surface area (Å²) < 4.78 is 0. The molecule has 6 heteroatoms. The molecule has 36 heavy (non-hydrogen) atoms. The highest BCUT2D eigenvalue weighted by atomic mass is 32.4. The zero-order valence-corrected chi connectivity index (χ0v) is 24.1. The van der Waals surface area contributed by atoms with Gasteiger partial charge in [0.1, 0.15) is 0 Å². The number of hydrogen-bond donors (Lipinski definition) is 0. The fourth-order valence-electron chi connectivity index (χ4n) is 5.13. The highest BCUT2D eigenvalue weighted by Gasteiger charge is 2.39. The minimum atomic E-state index is -2.25. The third-order valence-electron chi connectivity index (χ3n) is 6.81. The van der Waals surface area contributed by atoms with Crippen LogP contribution in [0.25, 0.3) is 0 Å². The Morgan fingerprint density at radius 2 is 0.778 bits per heavy atom. The van der Waals surface area contributed by atoms with Gasteiger partial charge in [0.15, 0.2) is 0 Å². The molecule has 0 aromatic heterocycles. The highest BCUT2D eigenvalue weighted by molar-refractivity contribution is 8.27. The molecule has 0 saturated heterocycles. The molecule has 2 aliphatic heterocycles. The van der Waals surface area contributed by atoms with Gasteiger partial charge in [-0.1, -0.05) is 144 Å². The number of benzene rings is 5. The van der Waals surface area contributed by atoms with Gasteiger partial charge in [-0.15, -0.1) is 0 Å². The summed E-state index contributed by atoms with van der Waals surface area (Å²) in [5, 5.41) is 7.64. The summed E-state index contributed by atoms with van der Waals surface area (Å²) in [7, 11) is 0. The number of fused-ring (bicyclic) bond motifs is 4. The molecule has 2 unspecified atom stereocenters. The van der Waals surface area contributed by atoms with Gasteiger partial charge in [-0.25, -0.2) is 0 Å². The van der Waals surface area contributed by atoms with Crippen LogP contribution in [0.1, 0.15) is 0 Å². The van der Waals surface area contributed by atoms with E-state index in [1.165, 1.54) is 51.4 Å². The average Bonchev–Trinajstić information content (AvgIpc) is 2.93. The Bertz CT molecular complexity index is 1620. The van der Waals surface area contributed by atoms with Crippen molar-refractivity contribution < 1.29 is 0 Å². The van der Waals surface area contributed by atoms with Crippen molar-refractivity contribution in [2.45, 2.75) is 19.6 Å². The Morgan fingerprint density at radius 3 is 1.22 bits per heavy atom. The first-order valence-electron chi connectivity index (χ1n) is 11.7. The molecule has 0 aliphatic carbocycles. The maximum atomic E-state index is 6.77. The van der Waals surface area contributed by atoms with Gasteiger partial charge in [0.2, 0.25) is 0 Å². The molecule has 174 valence electrons. The molecular formula is C30H20P2S4. The molecule has 0 saturated carbocycles. The van der Waals surface area contributed by atoms with E-state index >= 15 is 0 Å². The Hall–Kier alpha value is -1.90.